The van der Waals surface area contributed by atoms with Crippen LogP contribution < -0.4 is 4.72 Å². The van der Waals surface area contributed by atoms with E-state index in [9.17, 15) is 4.55 Å². The summed E-state index contributed by atoms with van der Waals surface area (Å²) in [5.74, 6) is 0. The van der Waals surface area contributed by atoms with E-state index in [2.05, 4.69) is 21.8 Å². The van der Waals surface area contributed by atoms with Crippen molar-refractivity contribution in [3.8, 4) is 10.6 Å². The number of rotatable bonds is 4. The highest BCUT2D eigenvalue weighted by molar-refractivity contribution is 7.90. The molecule has 0 saturated heterocycles. The number of aromatic nitrogens is 1. The second-order valence-corrected chi connectivity index (χ2v) is 8.75. The summed E-state index contributed by atoms with van der Waals surface area (Å²) in [5.41, 5.74) is 0.980. The Morgan fingerprint density at radius 2 is 2.00 bits per heavy atom. The second-order valence-electron chi connectivity index (χ2n) is 5.64. The van der Waals surface area contributed by atoms with Gasteiger partial charge in [0, 0.05) is 22.4 Å². The molecule has 0 aliphatic rings. The van der Waals surface area contributed by atoms with Crippen LogP contribution in [0, 0.1) is 0 Å². The standard InChI is InChI=1S/C15H20N2OS2/c1-11(17-20(18)15(2,3)4)13-8-9-14(19-13)12-7-5-6-10-16-12/h5-11,17H,1-4H3/t11-,20?/m0/s1. The summed E-state index contributed by atoms with van der Waals surface area (Å²) in [7, 11) is 0. The molecule has 0 saturated carbocycles. The van der Waals surface area contributed by atoms with Gasteiger partial charge in [-0.3, -0.25) is 4.98 Å². The fraction of sp³-hybridized carbons (Fsp3) is 0.400. The van der Waals surface area contributed by atoms with Crippen LogP contribution in [0.3, 0.4) is 0 Å². The van der Waals surface area contributed by atoms with Gasteiger partial charge in [0.1, 0.15) is 4.75 Å². The zero-order valence-electron chi connectivity index (χ0n) is 12.2. The summed E-state index contributed by atoms with van der Waals surface area (Å²) >= 11 is 0.625. The Labute approximate surface area is 127 Å². The van der Waals surface area contributed by atoms with Gasteiger partial charge in [0.15, 0.2) is 0 Å². The Morgan fingerprint density at radius 3 is 2.60 bits per heavy atom. The molecule has 108 valence electrons. The quantitative estimate of drug-likeness (QED) is 0.871. The van der Waals surface area contributed by atoms with Gasteiger partial charge in [0.25, 0.3) is 0 Å². The van der Waals surface area contributed by atoms with Gasteiger partial charge >= 0.3 is 0 Å². The van der Waals surface area contributed by atoms with Crippen molar-refractivity contribution in [2.75, 3.05) is 0 Å². The van der Waals surface area contributed by atoms with Crippen LogP contribution in [-0.2, 0) is 11.4 Å². The zero-order chi connectivity index (χ0) is 14.8. The van der Waals surface area contributed by atoms with Crippen molar-refractivity contribution in [3.63, 3.8) is 0 Å². The first-order chi connectivity index (χ1) is 9.38. The fourth-order valence-corrected chi connectivity index (χ4v) is 3.49. The lowest BCUT2D eigenvalue weighted by Crippen LogP contribution is -2.40. The average Bonchev–Trinajstić information content (AvgIpc) is 2.88. The minimum Gasteiger partial charge on any atom is -0.598 e. The molecule has 3 nitrogen and oxygen atoms in total. The van der Waals surface area contributed by atoms with E-state index in [1.165, 1.54) is 4.88 Å². The fourth-order valence-electron chi connectivity index (χ4n) is 1.63. The lowest BCUT2D eigenvalue weighted by atomic mass is 10.2. The SMILES string of the molecule is C[C@H](N[S+]([O-])C(C)(C)C)c1ccc(-c2ccccn2)s1. The first kappa shape index (κ1) is 15.5. The maximum Gasteiger partial charge on any atom is 0.136 e. The molecule has 0 aliphatic heterocycles. The van der Waals surface area contributed by atoms with E-state index in [0.717, 1.165) is 10.6 Å². The van der Waals surface area contributed by atoms with Crippen molar-refractivity contribution in [2.45, 2.75) is 38.5 Å². The second kappa shape index (κ2) is 6.26. The highest BCUT2D eigenvalue weighted by Crippen LogP contribution is 2.31. The molecule has 0 fully saturated rings. The topological polar surface area (TPSA) is 48.0 Å². The van der Waals surface area contributed by atoms with Crippen molar-refractivity contribution < 1.29 is 4.55 Å². The van der Waals surface area contributed by atoms with Gasteiger partial charge in [-0.25, -0.2) is 0 Å². The highest BCUT2D eigenvalue weighted by Gasteiger charge is 2.28. The largest absolute Gasteiger partial charge is 0.598 e. The Kier molecular flexibility index (Phi) is 4.86. The maximum atomic E-state index is 12.1. The predicted octanol–water partition coefficient (Wildman–Crippen LogP) is 3.92. The van der Waals surface area contributed by atoms with Crippen molar-refractivity contribution in [2.24, 2.45) is 0 Å². The number of pyridine rings is 1. The van der Waals surface area contributed by atoms with Gasteiger partial charge in [0.2, 0.25) is 0 Å². The van der Waals surface area contributed by atoms with Gasteiger partial charge < -0.3 is 4.55 Å². The van der Waals surface area contributed by atoms with Gasteiger partial charge in [-0.05, 0) is 52.0 Å². The average molecular weight is 308 g/mol. The van der Waals surface area contributed by atoms with E-state index in [0.29, 0.717) is 0 Å². The Balaban J connectivity index is 2.09. The van der Waals surface area contributed by atoms with Crippen molar-refractivity contribution in [1.82, 2.24) is 9.71 Å². The molecule has 20 heavy (non-hydrogen) atoms. The molecule has 0 radical (unpaired) electrons. The summed E-state index contributed by atoms with van der Waals surface area (Å²) in [4.78, 5) is 6.66. The van der Waals surface area contributed by atoms with E-state index in [1.807, 2.05) is 45.9 Å². The number of nitrogens with one attached hydrogen (secondary N) is 1. The first-order valence-corrected chi connectivity index (χ1v) is 8.54. The van der Waals surface area contributed by atoms with Crippen molar-refractivity contribution in [3.05, 3.63) is 41.4 Å². The van der Waals surface area contributed by atoms with Gasteiger partial charge in [-0.15, -0.1) is 16.1 Å². The van der Waals surface area contributed by atoms with Crippen molar-refractivity contribution in [1.29, 1.82) is 0 Å². The summed E-state index contributed by atoms with van der Waals surface area (Å²) < 4.78 is 15.0. The van der Waals surface area contributed by atoms with Gasteiger partial charge in [-0.2, -0.15) is 0 Å². The van der Waals surface area contributed by atoms with Gasteiger partial charge in [0.05, 0.1) is 16.6 Å². The van der Waals surface area contributed by atoms with Crippen LogP contribution in [0.15, 0.2) is 36.5 Å². The highest BCUT2D eigenvalue weighted by atomic mass is 32.2. The molecule has 0 bridgehead atoms. The molecule has 0 aromatic carbocycles. The number of thiophene rings is 1. The van der Waals surface area contributed by atoms with E-state index >= 15 is 0 Å². The van der Waals surface area contributed by atoms with Crippen LogP contribution in [0.25, 0.3) is 10.6 Å². The molecular formula is C15H20N2OS2. The van der Waals surface area contributed by atoms with Crippen LogP contribution >= 0.6 is 11.3 Å². The first-order valence-electron chi connectivity index (χ1n) is 6.57. The van der Waals surface area contributed by atoms with Crippen LogP contribution in [-0.4, -0.2) is 14.3 Å². The molecule has 1 unspecified atom stereocenters. The third kappa shape index (κ3) is 3.82. The van der Waals surface area contributed by atoms with E-state index in [-0.39, 0.29) is 10.8 Å². The van der Waals surface area contributed by atoms with E-state index in [1.54, 1.807) is 17.5 Å². The molecule has 0 amide bonds. The minimum absolute atomic E-state index is 0.0671. The predicted molar refractivity (Wildman–Crippen MR) is 87.0 cm³/mol. The molecule has 2 aromatic rings. The number of hydrogen-bond donors (Lipinski definition) is 1. The molecular weight excluding hydrogens is 288 g/mol. The van der Waals surface area contributed by atoms with Crippen LogP contribution in [0.1, 0.15) is 38.6 Å². The summed E-state index contributed by atoms with van der Waals surface area (Å²) in [6.07, 6.45) is 1.80. The zero-order valence-corrected chi connectivity index (χ0v) is 13.8. The molecule has 2 heterocycles. The number of nitrogens with zero attached hydrogens (tertiary/aromatic N) is 1. The lowest BCUT2D eigenvalue weighted by molar-refractivity contribution is 0.532. The molecule has 1 N–H and O–H groups in total. The lowest BCUT2D eigenvalue weighted by Gasteiger charge is -2.26. The monoisotopic (exact) mass is 308 g/mol. The molecule has 0 spiro atoms. The maximum absolute atomic E-state index is 12.1. The Hall–Kier alpha value is -0.880. The molecule has 2 atom stereocenters. The Morgan fingerprint density at radius 1 is 1.25 bits per heavy atom. The molecule has 0 aliphatic carbocycles. The van der Waals surface area contributed by atoms with E-state index in [4.69, 9.17) is 0 Å². The Bertz CT molecular complexity index is 549. The molecule has 2 aromatic heterocycles. The molecule has 5 heteroatoms. The smallest absolute Gasteiger partial charge is 0.136 e. The third-order valence-electron chi connectivity index (χ3n) is 2.81. The summed E-state index contributed by atoms with van der Waals surface area (Å²) in [6, 6.07) is 10.1. The number of hydrogen-bond acceptors (Lipinski definition) is 4. The van der Waals surface area contributed by atoms with Crippen LogP contribution in [0.2, 0.25) is 0 Å². The summed E-state index contributed by atoms with van der Waals surface area (Å²) in [5, 5.41) is 0. The van der Waals surface area contributed by atoms with Crippen LogP contribution in [0.5, 0.6) is 0 Å². The van der Waals surface area contributed by atoms with E-state index < -0.39 is 11.4 Å². The molecule has 2 rings (SSSR count). The normalized spacial score (nSPS) is 15.1. The van der Waals surface area contributed by atoms with Gasteiger partial charge in [-0.1, -0.05) is 6.07 Å². The summed E-state index contributed by atoms with van der Waals surface area (Å²) in [6.45, 7) is 7.95. The third-order valence-corrected chi connectivity index (χ3v) is 5.78. The van der Waals surface area contributed by atoms with Crippen molar-refractivity contribution >= 4 is 22.7 Å². The van der Waals surface area contributed by atoms with Crippen LogP contribution in [0.4, 0.5) is 0 Å². The minimum atomic E-state index is -1.06.